The van der Waals surface area contributed by atoms with Crippen molar-refractivity contribution in [2.75, 3.05) is 0 Å². The number of hydrogen-bond acceptors (Lipinski definition) is 3. The van der Waals surface area contributed by atoms with Crippen LogP contribution in [0.4, 0.5) is 0 Å². The minimum atomic E-state index is -0.917. The summed E-state index contributed by atoms with van der Waals surface area (Å²) in [5.74, 6) is -0.662. The van der Waals surface area contributed by atoms with Crippen LogP contribution in [0.25, 0.3) is 28.2 Å². The Morgan fingerprint density at radius 2 is 1.77 bits per heavy atom. The number of aryl methyl sites for hydroxylation is 1. The summed E-state index contributed by atoms with van der Waals surface area (Å²) in [6.07, 6.45) is 3.52. The zero-order valence-corrected chi connectivity index (χ0v) is 21.1. The normalized spacial score (nSPS) is 17.1. The van der Waals surface area contributed by atoms with E-state index in [9.17, 15) is 9.90 Å². The molecule has 0 radical (unpaired) electrons. The van der Waals surface area contributed by atoms with Gasteiger partial charge in [0.2, 0.25) is 0 Å². The summed E-state index contributed by atoms with van der Waals surface area (Å²) >= 11 is 6.85. The summed E-state index contributed by atoms with van der Waals surface area (Å²) in [6.45, 7) is 8.57. The Kier molecular flexibility index (Phi) is 5.76. The molecule has 5 rings (SSSR count). The molecule has 0 saturated carbocycles. The first-order valence-corrected chi connectivity index (χ1v) is 12.2. The van der Waals surface area contributed by atoms with Gasteiger partial charge in [-0.3, -0.25) is 0 Å². The van der Waals surface area contributed by atoms with Gasteiger partial charge in [-0.05, 0) is 66.5 Å². The number of rotatable bonds is 3. The number of para-hydroxylation sites is 2. The van der Waals surface area contributed by atoms with Gasteiger partial charge in [0.05, 0.1) is 28.2 Å². The van der Waals surface area contributed by atoms with Crippen LogP contribution in [0.3, 0.4) is 0 Å². The third kappa shape index (κ3) is 4.14. The number of carboxylic acid groups (broad SMARTS) is 1. The molecule has 0 aliphatic heterocycles. The van der Waals surface area contributed by atoms with E-state index in [-0.39, 0.29) is 11.3 Å². The van der Waals surface area contributed by atoms with E-state index in [2.05, 4.69) is 26.8 Å². The second-order valence-electron chi connectivity index (χ2n) is 10.3. The van der Waals surface area contributed by atoms with Crippen molar-refractivity contribution >= 4 is 40.1 Å². The lowest BCUT2D eigenvalue weighted by molar-refractivity contribution is 0.0696. The lowest BCUT2D eigenvalue weighted by Gasteiger charge is -2.36. The highest BCUT2D eigenvalue weighted by atomic mass is 35.5. The van der Waals surface area contributed by atoms with Gasteiger partial charge in [0, 0.05) is 10.9 Å². The number of benzene rings is 2. The van der Waals surface area contributed by atoms with E-state index in [1.54, 1.807) is 4.68 Å². The van der Waals surface area contributed by atoms with Crippen LogP contribution in [0.2, 0.25) is 5.15 Å². The molecule has 2 heterocycles. The molecule has 2 aromatic heterocycles. The molecule has 178 valence electrons. The van der Waals surface area contributed by atoms with Crippen molar-refractivity contribution in [2.45, 2.75) is 40.5 Å². The summed E-state index contributed by atoms with van der Waals surface area (Å²) in [5, 5.41) is 16.1. The number of carboxylic acids is 1. The van der Waals surface area contributed by atoms with Gasteiger partial charge in [0.25, 0.3) is 0 Å². The standard InChI is InChI=1S/C29H28ClN3O2/c1-17-22(27(30)33(32-17)20-10-6-5-7-11-20)15-18-14-19(29(2,3)4)16-23-25(28(34)35)21-12-8-9-13-24(21)31-26(18)23/h5-13,15,19H,14,16H2,1-4H3,(H,34,35)/b18-15+. The quantitative estimate of drug-likeness (QED) is 0.332. The largest absolute Gasteiger partial charge is 0.478 e. The molecule has 0 bridgehead atoms. The predicted octanol–water partition coefficient (Wildman–Crippen LogP) is 7.23. The lowest BCUT2D eigenvalue weighted by Crippen LogP contribution is -2.28. The zero-order chi connectivity index (χ0) is 24.9. The third-order valence-electron chi connectivity index (χ3n) is 7.02. The smallest absolute Gasteiger partial charge is 0.336 e. The number of aromatic nitrogens is 3. The highest BCUT2D eigenvalue weighted by molar-refractivity contribution is 6.31. The predicted molar refractivity (Wildman–Crippen MR) is 141 cm³/mol. The van der Waals surface area contributed by atoms with Gasteiger partial charge in [0.15, 0.2) is 0 Å². The first kappa shape index (κ1) is 23.3. The first-order valence-electron chi connectivity index (χ1n) is 11.8. The molecule has 35 heavy (non-hydrogen) atoms. The Hall–Kier alpha value is -3.44. The van der Waals surface area contributed by atoms with Gasteiger partial charge in [-0.25, -0.2) is 14.5 Å². The van der Waals surface area contributed by atoms with Crippen molar-refractivity contribution in [3.63, 3.8) is 0 Å². The lowest BCUT2D eigenvalue weighted by atomic mass is 9.69. The van der Waals surface area contributed by atoms with E-state index in [1.165, 1.54) is 0 Å². The summed E-state index contributed by atoms with van der Waals surface area (Å²) in [7, 11) is 0. The molecule has 1 N–H and O–H groups in total. The number of nitrogens with zero attached hydrogens (tertiary/aromatic N) is 3. The van der Waals surface area contributed by atoms with Crippen LogP contribution in [0, 0.1) is 18.3 Å². The Morgan fingerprint density at radius 1 is 1.09 bits per heavy atom. The molecule has 1 aliphatic carbocycles. The number of halogens is 1. The van der Waals surface area contributed by atoms with E-state index in [4.69, 9.17) is 21.7 Å². The molecule has 0 spiro atoms. The summed E-state index contributed by atoms with van der Waals surface area (Å²) in [4.78, 5) is 17.5. The fraction of sp³-hybridized carbons (Fsp3) is 0.276. The summed E-state index contributed by atoms with van der Waals surface area (Å²) in [6, 6.07) is 17.3. The van der Waals surface area contributed by atoms with Gasteiger partial charge < -0.3 is 5.11 Å². The monoisotopic (exact) mass is 485 g/mol. The molecule has 1 unspecified atom stereocenters. The molecule has 1 aliphatic rings. The summed E-state index contributed by atoms with van der Waals surface area (Å²) < 4.78 is 1.74. The molecule has 6 heteroatoms. The average Bonchev–Trinajstić information content (AvgIpc) is 3.10. The van der Waals surface area contributed by atoms with Crippen LogP contribution < -0.4 is 0 Å². The number of allylic oxidation sites excluding steroid dienone is 1. The van der Waals surface area contributed by atoms with Crippen molar-refractivity contribution in [3.8, 4) is 5.69 Å². The molecule has 0 saturated heterocycles. The molecule has 5 nitrogen and oxygen atoms in total. The number of pyridine rings is 1. The maximum absolute atomic E-state index is 12.5. The Morgan fingerprint density at radius 3 is 2.46 bits per heavy atom. The Labute approximate surface area is 210 Å². The van der Waals surface area contributed by atoms with Crippen molar-refractivity contribution in [1.82, 2.24) is 14.8 Å². The van der Waals surface area contributed by atoms with E-state index in [1.807, 2.05) is 61.5 Å². The molecule has 0 amide bonds. The fourth-order valence-corrected chi connectivity index (χ4v) is 5.30. The van der Waals surface area contributed by atoms with Gasteiger partial charge in [-0.2, -0.15) is 5.10 Å². The van der Waals surface area contributed by atoms with E-state index < -0.39 is 5.97 Å². The molecule has 2 aromatic carbocycles. The minimum Gasteiger partial charge on any atom is -0.478 e. The van der Waals surface area contributed by atoms with Crippen LogP contribution >= 0.6 is 11.6 Å². The first-order chi connectivity index (χ1) is 16.6. The summed E-state index contributed by atoms with van der Waals surface area (Å²) in [5.41, 5.74) is 6.12. The van der Waals surface area contributed by atoms with E-state index in [0.717, 1.165) is 40.2 Å². The highest BCUT2D eigenvalue weighted by Crippen LogP contribution is 2.45. The second-order valence-corrected chi connectivity index (χ2v) is 10.7. The maximum atomic E-state index is 12.5. The topological polar surface area (TPSA) is 68.0 Å². The van der Waals surface area contributed by atoms with Gasteiger partial charge >= 0.3 is 5.97 Å². The van der Waals surface area contributed by atoms with Crippen molar-refractivity contribution in [2.24, 2.45) is 11.3 Å². The number of hydrogen-bond donors (Lipinski definition) is 1. The zero-order valence-electron chi connectivity index (χ0n) is 20.3. The number of aromatic carboxylic acids is 1. The Bertz CT molecular complexity index is 1480. The van der Waals surface area contributed by atoms with E-state index >= 15 is 0 Å². The minimum absolute atomic E-state index is 0.00867. The fourth-order valence-electron chi connectivity index (χ4n) is 4.97. The van der Waals surface area contributed by atoms with Crippen molar-refractivity contribution in [1.29, 1.82) is 0 Å². The SMILES string of the molecule is Cc1nn(-c2ccccc2)c(Cl)c1/C=C1\CC(C(C)(C)C)Cc2c1nc1ccccc1c2C(=O)O. The van der Waals surface area contributed by atoms with Crippen LogP contribution in [0.1, 0.15) is 60.1 Å². The molecular weight excluding hydrogens is 458 g/mol. The van der Waals surface area contributed by atoms with Crippen LogP contribution in [0.15, 0.2) is 54.6 Å². The highest BCUT2D eigenvalue weighted by Gasteiger charge is 2.35. The molecule has 4 aromatic rings. The van der Waals surface area contributed by atoms with Gasteiger partial charge in [-0.1, -0.05) is 68.8 Å². The van der Waals surface area contributed by atoms with Crippen LogP contribution in [0.5, 0.6) is 0 Å². The molecule has 1 atom stereocenters. The average molecular weight is 486 g/mol. The number of fused-ring (bicyclic) bond motifs is 2. The molecule has 0 fully saturated rings. The van der Waals surface area contributed by atoms with Crippen molar-refractivity contribution < 1.29 is 9.90 Å². The maximum Gasteiger partial charge on any atom is 0.336 e. The van der Waals surface area contributed by atoms with Crippen molar-refractivity contribution in [3.05, 3.63) is 87.8 Å². The van der Waals surface area contributed by atoms with E-state index in [0.29, 0.717) is 28.0 Å². The second kappa shape index (κ2) is 8.65. The Balaban J connectivity index is 1.75. The van der Waals surface area contributed by atoms with Gasteiger partial charge in [0.1, 0.15) is 5.15 Å². The van der Waals surface area contributed by atoms with Crippen LogP contribution in [-0.2, 0) is 6.42 Å². The third-order valence-corrected chi connectivity index (χ3v) is 7.38. The number of carbonyl (C=O) groups is 1. The van der Waals surface area contributed by atoms with Gasteiger partial charge in [-0.15, -0.1) is 0 Å². The van der Waals surface area contributed by atoms with Crippen LogP contribution in [-0.4, -0.2) is 25.8 Å². The molecular formula is C29H28ClN3O2.